The predicted molar refractivity (Wildman–Crippen MR) is 143 cm³/mol. The van der Waals surface area contributed by atoms with Crippen LogP contribution in [0.3, 0.4) is 0 Å². The number of carbonyl (C=O) groups excluding carboxylic acids is 1. The number of carbonyl (C=O) groups is 2. The third-order valence-electron chi connectivity index (χ3n) is 7.77. The molecule has 9 heteroatoms. The molecule has 1 amide bonds. The Kier molecular flexibility index (Phi) is 9.86. The van der Waals surface area contributed by atoms with Crippen LogP contribution in [0.5, 0.6) is 5.75 Å². The molecule has 202 valence electrons. The number of benzene rings is 2. The molecule has 0 aromatic heterocycles. The molecule has 3 atom stereocenters. The van der Waals surface area contributed by atoms with Crippen molar-refractivity contribution in [2.75, 3.05) is 20.5 Å². The number of methoxy groups -OCH3 is 1. The fourth-order valence-corrected chi connectivity index (χ4v) is 5.40. The summed E-state index contributed by atoms with van der Waals surface area (Å²) in [5.41, 5.74) is 0.854. The van der Waals surface area contributed by atoms with Gasteiger partial charge in [0, 0.05) is 35.1 Å². The number of halogens is 2. The van der Waals surface area contributed by atoms with E-state index in [1.54, 1.807) is 49.6 Å². The lowest BCUT2D eigenvalue weighted by Crippen LogP contribution is -2.49. The highest BCUT2D eigenvalue weighted by molar-refractivity contribution is 6.35. The minimum absolute atomic E-state index is 0.152. The number of nitrogens with one attached hydrogen (secondary N) is 1. The number of carboxylic acid groups (broad SMARTS) is 1. The van der Waals surface area contributed by atoms with Crippen molar-refractivity contribution in [1.29, 1.82) is 0 Å². The standard InChI is InChI=1S/C28H35Cl2NO6/c1-27(2)21(12-13-28(27,3)16-36-17-35-4)25(32)31-24(26(33)34)14-18-8-10-19(11-9-18)37-15-20-22(29)6-5-7-23(20)30/h5-11,21,24H,12-17H2,1-4H3,(H,31,32)(H,33,34)/t21?,24-,28?/m0/s1. The van der Waals surface area contributed by atoms with E-state index in [1.807, 2.05) is 13.8 Å². The average molecular weight is 552 g/mol. The zero-order valence-corrected chi connectivity index (χ0v) is 23.2. The van der Waals surface area contributed by atoms with E-state index in [4.69, 9.17) is 37.4 Å². The molecule has 1 aliphatic carbocycles. The number of hydrogen-bond donors (Lipinski definition) is 2. The SMILES string of the molecule is COCOCC1(C)CCC(C(=O)N[C@@H](Cc2ccc(OCc3c(Cl)cccc3Cl)cc2)C(=O)O)C1(C)C. The highest BCUT2D eigenvalue weighted by atomic mass is 35.5. The van der Waals surface area contributed by atoms with E-state index in [9.17, 15) is 14.7 Å². The fraction of sp³-hybridized carbons (Fsp3) is 0.500. The molecule has 2 aromatic rings. The Balaban J connectivity index is 1.61. The Morgan fingerprint density at radius 2 is 1.76 bits per heavy atom. The van der Waals surface area contributed by atoms with Crippen LogP contribution in [-0.2, 0) is 32.1 Å². The molecule has 1 fully saturated rings. The molecular weight excluding hydrogens is 517 g/mol. The van der Waals surface area contributed by atoms with Crippen LogP contribution in [0, 0.1) is 16.7 Å². The number of carboxylic acids is 1. The van der Waals surface area contributed by atoms with Crippen LogP contribution in [0.4, 0.5) is 0 Å². The second kappa shape index (κ2) is 12.5. The van der Waals surface area contributed by atoms with Crippen LogP contribution in [0.2, 0.25) is 10.0 Å². The molecule has 7 nitrogen and oxygen atoms in total. The highest BCUT2D eigenvalue weighted by Crippen LogP contribution is 2.56. The van der Waals surface area contributed by atoms with Gasteiger partial charge in [0.05, 0.1) is 6.61 Å². The van der Waals surface area contributed by atoms with Gasteiger partial charge in [-0.25, -0.2) is 4.79 Å². The summed E-state index contributed by atoms with van der Waals surface area (Å²) in [6, 6.07) is 11.3. The van der Waals surface area contributed by atoms with Crippen molar-refractivity contribution in [2.24, 2.45) is 16.7 Å². The Morgan fingerprint density at radius 3 is 2.35 bits per heavy atom. The van der Waals surface area contributed by atoms with E-state index in [2.05, 4.69) is 12.2 Å². The molecule has 2 unspecified atom stereocenters. The Hall–Kier alpha value is -2.32. The molecule has 37 heavy (non-hydrogen) atoms. The van der Waals surface area contributed by atoms with Crippen LogP contribution < -0.4 is 10.1 Å². The third kappa shape index (κ3) is 6.96. The normalized spacial score (nSPS) is 21.4. The first-order valence-electron chi connectivity index (χ1n) is 12.2. The van der Waals surface area contributed by atoms with E-state index in [-0.39, 0.29) is 42.5 Å². The first kappa shape index (κ1) is 29.2. The molecule has 3 rings (SSSR count). The Labute approximate surface area is 228 Å². The average Bonchev–Trinajstić information content (AvgIpc) is 3.08. The van der Waals surface area contributed by atoms with Gasteiger partial charge in [0.15, 0.2) is 0 Å². The number of hydrogen-bond acceptors (Lipinski definition) is 5. The molecule has 0 heterocycles. The van der Waals surface area contributed by atoms with Gasteiger partial charge >= 0.3 is 5.97 Å². The van der Waals surface area contributed by atoms with Gasteiger partial charge in [-0.15, -0.1) is 0 Å². The van der Waals surface area contributed by atoms with E-state index in [1.165, 1.54) is 0 Å². The van der Waals surface area contributed by atoms with Gasteiger partial charge in [-0.2, -0.15) is 0 Å². The van der Waals surface area contributed by atoms with Gasteiger partial charge < -0.3 is 24.6 Å². The zero-order valence-electron chi connectivity index (χ0n) is 21.7. The van der Waals surface area contributed by atoms with E-state index in [0.29, 0.717) is 34.4 Å². The Bertz CT molecular complexity index is 1070. The van der Waals surface area contributed by atoms with Crippen molar-refractivity contribution in [2.45, 2.75) is 52.7 Å². The summed E-state index contributed by atoms with van der Waals surface area (Å²) >= 11 is 12.4. The van der Waals surface area contributed by atoms with Gasteiger partial charge in [0.25, 0.3) is 0 Å². The fourth-order valence-electron chi connectivity index (χ4n) is 4.89. The summed E-state index contributed by atoms with van der Waals surface area (Å²) in [7, 11) is 1.57. The summed E-state index contributed by atoms with van der Waals surface area (Å²) in [6.45, 7) is 7.07. The van der Waals surface area contributed by atoms with Crippen molar-refractivity contribution >= 4 is 35.1 Å². The number of rotatable bonds is 12. The van der Waals surface area contributed by atoms with Crippen molar-refractivity contribution in [3.8, 4) is 5.75 Å². The summed E-state index contributed by atoms with van der Waals surface area (Å²) < 4.78 is 16.4. The largest absolute Gasteiger partial charge is 0.489 e. The smallest absolute Gasteiger partial charge is 0.326 e. The molecular formula is C28H35Cl2NO6. The molecule has 0 radical (unpaired) electrons. The lowest BCUT2D eigenvalue weighted by molar-refractivity contribution is -0.144. The number of ether oxygens (including phenoxy) is 3. The molecule has 1 saturated carbocycles. The first-order chi connectivity index (χ1) is 17.5. The zero-order chi connectivity index (χ0) is 27.2. The molecule has 1 aliphatic rings. The summed E-state index contributed by atoms with van der Waals surface area (Å²) in [5, 5.41) is 13.6. The van der Waals surface area contributed by atoms with Crippen LogP contribution in [-0.4, -0.2) is 43.5 Å². The maximum absolute atomic E-state index is 13.2. The molecule has 2 N–H and O–H groups in total. The summed E-state index contributed by atoms with van der Waals surface area (Å²) in [4.78, 5) is 25.2. The van der Waals surface area contributed by atoms with Gasteiger partial charge in [-0.1, -0.05) is 62.2 Å². The highest BCUT2D eigenvalue weighted by Gasteiger charge is 2.54. The maximum Gasteiger partial charge on any atom is 0.326 e. The van der Waals surface area contributed by atoms with Crippen LogP contribution in [0.25, 0.3) is 0 Å². The Morgan fingerprint density at radius 1 is 1.11 bits per heavy atom. The lowest BCUT2D eigenvalue weighted by atomic mass is 9.66. The van der Waals surface area contributed by atoms with Gasteiger partial charge in [-0.05, 0) is 53.5 Å². The quantitative estimate of drug-likeness (QED) is 0.257. The summed E-state index contributed by atoms with van der Waals surface area (Å²) in [5.74, 6) is -1.05. The van der Waals surface area contributed by atoms with E-state index >= 15 is 0 Å². The van der Waals surface area contributed by atoms with E-state index in [0.717, 1.165) is 12.0 Å². The van der Waals surface area contributed by atoms with Gasteiger partial charge in [0.2, 0.25) is 5.91 Å². The van der Waals surface area contributed by atoms with Gasteiger partial charge in [-0.3, -0.25) is 4.79 Å². The molecule has 0 saturated heterocycles. The minimum atomic E-state index is -1.08. The molecule has 0 spiro atoms. The second-order valence-corrected chi connectivity index (χ2v) is 11.2. The van der Waals surface area contributed by atoms with Crippen LogP contribution in [0.1, 0.15) is 44.7 Å². The minimum Gasteiger partial charge on any atom is -0.489 e. The molecule has 2 aromatic carbocycles. The van der Waals surface area contributed by atoms with Crippen LogP contribution >= 0.6 is 23.2 Å². The van der Waals surface area contributed by atoms with Crippen molar-refractivity contribution in [1.82, 2.24) is 5.32 Å². The summed E-state index contributed by atoms with van der Waals surface area (Å²) in [6.07, 6.45) is 1.62. The lowest BCUT2D eigenvalue weighted by Gasteiger charge is -2.41. The predicted octanol–water partition coefficient (Wildman–Crippen LogP) is 5.75. The van der Waals surface area contributed by atoms with Crippen molar-refractivity contribution in [3.05, 3.63) is 63.6 Å². The number of aliphatic carboxylic acids is 1. The first-order valence-corrected chi connectivity index (χ1v) is 13.0. The monoisotopic (exact) mass is 551 g/mol. The van der Waals surface area contributed by atoms with Crippen LogP contribution in [0.15, 0.2) is 42.5 Å². The van der Waals surface area contributed by atoms with Crippen molar-refractivity contribution in [3.63, 3.8) is 0 Å². The van der Waals surface area contributed by atoms with E-state index < -0.39 is 12.0 Å². The van der Waals surface area contributed by atoms with Crippen molar-refractivity contribution < 1.29 is 28.9 Å². The topological polar surface area (TPSA) is 94.1 Å². The third-order valence-corrected chi connectivity index (χ3v) is 8.48. The second-order valence-electron chi connectivity index (χ2n) is 10.4. The number of amides is 1. The maximum atomic E-state index is 13.2. The van der Waals surface area contributed by atoms with Gasteiger partial charge in [0.1, 0.15) is 25.2 Å². The molecule has 0 aliphatic heterocycles. The molecule has 0 bridgehead atoms.